The number of hydrogen-bond acceptors (Lipinski definition) is 3. The van der Waals surface area contributed by atoms with Gasteiger partial charge in [-0.15, -0.1) is 0 Å². The zero-order chi connectivity index (χ0) is 17.6. The Morgan fingerprint density at radius 2 is 1.72 bits per heavy atom. The van der Waals surface area contributed by atoms with Crippen LogP contribution in [0.2, 0.25) is 5.15 Å². The van der Waals surface area contributed by atoms with Crippen molar-refractivity contribution in [1.82, 2.24) is 4.98 Å². The number of aromatic nitrogens is 1. The number of carbonyl (C=O) groups excluding carboxylic acids is 1. The van der Waals surface area contributed by atoms with Crippen molar-refractivity contribution >= 4 is 28.9 Å². The van der Waals surface area contributed by atoms with E-state index in [1.807, 2.05) is 30.3 Å². The van der Waals surface area contributed by atoms with Gasteiger partial charge in [-0.2, -0.15) is 0 Å². The summed E-state index contributed by atoms with van der Waals surface area (Å²) in [6.45, 7) is 0.618. The van der Waals surface area contributed by atoms with Gasteiger partial charge in [-0.1, -0.05) is 23.7 Å². The van der Waals surface area contributed by atoms with Crippen molar-refractivity contribution < 1.29 is 9.18 Å². The van der Waals surface area contributed by atoms with Crippen LogP contribution in [-0.4, -0.2) is 10.9 Å². The summed E-state index contributed by atoms with van der Waals surface area (Å²) in [5, 5.41) is 6.46. The van der Waals surface area contributed by atoms with Crippen LogP contribution in [0.15, 0.2) is 66.9 Å². The lowest BCUT2D eigenvalue weighted by Gasteiger charge is -2.09. The highest BCUT2D eigenvalue weighted by Gasteiger charge is 2.06. The summed E-state index contributed by atoms with van der Waals surface area (Å²) in [7, 11) is 0. The van der Waals surface area contributed by atoms with Crippen LogP contribution in [0.3, 0.4) is 0 Å². The lowest BCUT2D eigenvalue weighted by Crippen LogP contribution is -2.11. The molecule has 0 aliphatic heterocycles. The van der Waals surface area contributed by atoms with Gasteiger partial charge in [-0.25, -0.2) is 9.37 Å². The molecule has 126 valence electrons. The first kappa shape index (κ1) is 16.9. The fraction of sp³-hybridized carbons (Fsp3) is 0.0526. The van der Waals surface area contributed by atoms with E-state index in [9.17, 15) is 9.18 Å². The van der Waals surface area contributed by atoms with Crippen LogP contribution in [0.1, 0.15) is 15.9 Å². The molecule has 25 heavy (non-hydrogen) atoms. The highest BCUT2D eigenvalue weighted by Crippen LogP contribution is 2.15. The Morgan fingerprint density at radius 1 is 1.00 bits per heavy atom. The van der Waals surface area contributed by atoms with Gasteiger partial charge in [-0.3, -0.25) is 4.79 Å². The highest BCUT2D eigenvalue weighted by molar-refractivity contribution is 6.29. The molecule has 1 aromatic heterocycles. The molecule has 2 N–H and O–H groups in total. The normalized spacial score (nSPS) is 10.3. The second kappa shape index (κ2) is 7.77. The van der Waals surface area contributed by atoms with Crippen molar-refractivity contribution in [2.24, 2.45) is 0 Å². The minimum Gasteiger partial charge on any atom is -0.381 e. The summed E-state index contributed by atoms with van der Waals surface area (Å²) in [4.78, 5) is 16.0. The Labute approximate surface area is 149 Å². The van der Waals surface area contributed by atoms with Crippen LogP contribution >= 0.6 is 11.6 Å². The number of benzene rings is 2. The minimum atomic E-state index is -0.371. The van der Waals surface area contributed by atoms with Gasteiger partial charge in [0.1, 0.15) is 11.0 Å². The molecule has 0 aliphatic rings. The fourth-order valence-corrected chi connectivity index (χ4v) is 2.40. The lowest BCUT2D eigenvalue weighted by molar-refractivity contribution is 0.102. The number of anilines is 2. The topological polar surface area (TPSA) is 54.0 Å². The Balaban J connectivity index is 1.58. The van der Waals surface area contributed by atoms with Crippen LogP contribution in [0, 0.1) is 5.82 Å². The molecule has 0 bridgehead atoms. The third-order valence-electron chi connectivity index (χ3n) is 3.54. The fourth-order valence-electron chi connectivity index (χ4n) is 2.23. The van der Waals surface area contributed by atoms with E-state index < -0.39 is 0 Å². The lowest BCUT2D eigenvalue weighted by atomic mass is 10.1. The number of pyridine rings is 1. The van der Waals surface area contributed by atoms with Crippen molar-refractivity contribution in [3.8, 4) is 0 Å². The van der Waals surface area contributed by atoms with E-state index in [-0.39, 0.29) is 11.7 Å². The number of halogens is 2. The summed E-state index contributed by atoms with van der Waals surface area (Å²) < 4.78 is 12.9. The Morgan fingerprint density at radius 3 is 2.40 bits per heavy atom. The third-order valence-corrected chi connectivity index (χ3v) is 3.75. The number of carbonyl (C=O) groups is 1. The quantitative estimate of drug-likeness (QED) is 0.650. The molecule has 0 radical (unpaired) electrons. The van der Waals surface area contributed by atoms with Gasteiger partial charge in [0.25, 0.3) is 5.91 Å². The van der Waals surface area contributed by atoms with Gasteiger partial charge < -0.3 is 10.6 Å². The molecule has 0 fully saturated rings. The van der Waals surface area contributed by atoms with Crippen LogP contribution in [-0.2, 0) is 6.54 Å². The average Bonchev–Trinajstić information content (AvgIpc) is 2.62. The smallest absolute Gasteiger partial charge is 0.255 e. The SMILES string of the molecule is O=C(Nc1ccc(CNc2ccnc(Cl)c2)cc1)c1ccc(F)cc1. The maximum absolute atomic E-state index is 12.9. The molecular weight excluding hydrogens is 341 g/mol. The Bertz CT molecular complexity index is 867. The van der Waals surface area contributed by atoms with E-state index in [0.29, 0.717) is 22.9 Å². The molecule has 1 amide bonds. The van der Waals surface area contributed by atoms with Crippen LogP contribution < -0.4 is 10.6 Å². The van der Waals surface area contributed by atoms with Gasteiger partial charge in [0.2, 0.25) is 0 Å². The molecular formula is C19H15ClFN3O. The molecule has 2 aromatic carbocycles. The molecule has 0 saturated heterocycles. The number of rotatable bonds is 5. The maximum Gasteiger partial charge on any atom is 0.255 e. The van der Waals surface area contributed by atoms with Crippen LogP contribution in [0.25, 0.3) is 0 Å². The van der Waals surface area contributed by atoms with E-state index in [1.54, 1.807) is 12.3 Å². The summed E-state index contributed by atoms with van der Waals surface area (Å²) in [5.74, 6) is -0.652. The van der Waals surface area contributed by atoms with Gasteiger partial charge in [0.05, 0.1) is 0 Å². The molecule has 0 spiro atoms. The molecule has 0 atom stereocenters. The number of amides is 1. The Kier molecular flexibility index (Phi) is 5.26. The number of hydrogen-bond donors (Lipinski definition) is 2. The van der Waals surface area contributed by atoms with E-state index in [0.717, 1.165) is 11.3 Å². The molecule has 0 aliphatic carbocycles. The van der Waals surface area contributed by atoms with Crippen molar-refractivity contribution in [3.05, 3.63) is 89.0 Å². The summed E-state index contributed by atoms with van der Waals surface area (Å²) in [5.41, 5.74) is 3.01. The van der Waals surface area contributed by atoms with Crippen LogP contribution in [0.4, 0.5) is 15.8 Å². The molecule has 0 unspecified atom stereocenters. The first-order valence-electron chi connectivity index (χ1n) is 7.61. The van der Waals surface area contributed by atoms with Gasteiger partial charge >= 0.3 is 0 Å². The standard InChI is InChI=1S/C19H15ClFN3O/c20-18-11-17(9-10-22-18)23-12-13-1-7-16(8-2-13)24-19(25)14-3-5-15(21)6-4-14/h1-11H,12H2,(H,22,23)(H,24,25). The van der Waals surface area contributed by atoms with Gasteiger partial charge in [0, 0.05) is 29.7 Å². The minimum absolute atomic E-state index is 0.280. The van der Waals surface area contributed by atoms with Crippen molar-refractivity contribution in [2.45, 2.75) is 6.54 Å². The molecule has 6 heteroatoms. The number of nitrogens with zero attached hydrogens (tertiary/aromatic N) is 1. The predicted octanol–water partition coefficient (Wildman–Crippen LogP) is 4.74. The van der Waals surface area contributed by atoms with Crippen LogP contribution in [0.5, 0.6) is 0 Å². The summed E-state index contributed by atoms with van der Waals surface area (Å²) in [6.07, 6.45) is 1.64. The molecule has 1 heterocycles. The van der Waals surface area contributed by atoms with E-state index in [1.165, 1.54) is 24.3 Å². The second-order valence-electron chi connectivity index (χ2n) is 5.38. The molecule has 3 rings (SSSR count). The first-order chi connectivity index (χ1) is 12.1. The zero-order valence-corrected chi connectivity index (χ0v) is 13.9. The van der Waals surface area contributed by atoms with E-state index in [4.69, 9.17) is 11.6 Å². The number of nitrogens with one attached hydrogen (secondary N) is 2. The third kappa shape index (κ3) is 4.78. The average molecular weight is 356 g/mol. The van der Waals surface area contributed by atoms with Gasteiger partial charge in [-0.05, 0) is 54.1 Å². The molecule has 0 saturated carbocycles. The monoisotopic (exact) mass is 355 g/mol. The molecule has 4 nitrogen and oxygen atoms in total. The van der Waals surface area contributed by atoms with E-state index in [2.05, 4.69) is 15.6 Å². The first-order valence-corrected chi connectivity index (χ1v) is 7.99. The molecule has 3 aromatic rings. The Hall–Kier alpha value is -2.92. The summed E-state index contributed by atoms with van der Waals surface area (Å²) in [6, 6.07) is 16.5. The van der Waals surface area contributed by atoms with Crippen molar-refractivity contribution in [3.63, 3.8) is 0 Å². The van der Waals surface area contributed by atoms with E-state index >= 15 is 0 Å². The van der Waals surface area contributed by atoms with Crippen molar-refractivity contribution in [2.75, 3.05) is 10.6 Å². The summed E-state index contributed by atoms with van der Waals surface area (Å²) >= 11 is 5.84. The maximum atomic E-state index is 12.9. The predicted molar refractivity (Wildman–Crippen MR) is 97.4 cm³/mol. The zero-order valence-electron chi connectivity index (χ0n) is 13.2. The van der Waals surface area contributed by atoms with Crippen molar-refractivity contribution in [1.29, 1.82) is 0 Å². The second-order valence-corrected chi connectivity index (χ2v) is 5.77. The van der Waals surface area contributed by atoms with Gasteiger partial charge in [0.15, 0.2) is 0 Å². The highest BCUT2D eigenvalue weighted by atomic mass is 35.5. The largest absolute Gasteiger partial charge is 0.381 e.